The van der Waals surface area contributed by atoms with Gasteiger partial charge in [-0.1, -0.05) is 12.1 Å². The van der Waals surface area contributed by atoms with Crippen molar-refractivity contribution in [3.63, 3.8) is 0 Å². The van der Waals surface area contributed by atoms with E-state index in [-0.39, 0.29) is 13.0 Å². The number of hydrogen-bond acceptors (Lipinski definition) is 3. The van der Waals surface area contributed by atoms with E-state index in [1.165, 1.54) is 18.2 Å². The number of halogens is 1. The molecule has 1 aromatic carbocycles. The molecule has 1 aromatic rings. The van der Waals surface area contributed by atoms with E-state index in [0.717, 1.165) is 5.06 Å². The molecule has 112 valence electrons. The van der Waals surface area contributed by atoms with Gasteiger partial charge in [0.25, 0.3) is 0 Å². The summed E-state index contributed by atoms with van der Waals surface area (Å²) in [7, 11) is 0. The Hall–Kier alpha value is -1.66. The fourth-order valence-corrected chi connectivity index (χ4v) is 1.67. The number of carbonyl (C=O) groups is 1. The van der Waals surface area contributed by atoms with E-state index in [1.807, 2.05) is 0 Å². The molecule has 0 aromatic heterocycles. The maximum atomic E-state index is 13.0. The van der Waals surface area contributed by atoms with Gasteiger partial charge in [0.1, 0.15) is 5.82 Å². The van der Waals surface area contributed by atoms with E-state index in [4.69, 9.17) is 9.94 Å². The predicted octanol–water partition coefficient (Wildman–Crippen LogP) is 2.96. The second-order valence-corrected chi connectivity index (χ2v) is 5.44. The summed E-state index contributed by atoms with van der Waals surface area (Å²) in [4.78, 5) is 16.2. The number of hydrogen-bond donors (Lipinski definition) is 2. The molecule has 20 heavy (non-hydrogen) atoms. The average molecular weight is 285 g/mol. The van der Waals surface area contributed by atoms with Gasteiger partial charge in [0, 0.05) is 6.42 Å². The summed E-state index contributed by atoms with van der Waals surface area (Å²) in [6.45, 7) is 5.11. The molecule has 6 heteroatoms. The number of hydroxylamine groups is 2. The highest BCUT2D eigenvalue weighted by Crippen LogP contribution is 2.19. The lowest BCUT2D eigenvalue weighted by atomic mass is 10.1. The Balaban J connectivity index is 2.53. The van der Waals surface area contributed by atoms with Crippen LogP contribution in [-0.2, 0) is 4.84 Å². The van der Waals surface area contributed by atoms with E-state index in [9.17, 15) is 14.3 Å². The molecule has 2 N–H and O–H groups in total. The number of amides is 1. The first-order chi connectivity index (χ1) is 9.21. The van der Waals surface area contributed by atoms with Gasteiger partial charge in [0.05, 0.1) is 18.2 Å². The monoisotopic (exact) mass is 285 g/mol. The van der Waals surface area contributed by atoms with Crippen LogP contribution >= 0.6 is 0 Å². The largest absolute Gasteiger partial charge is 0.463 e. The normalized spacial score (nSPS) is 13.1. The quantitative estimate of drug-likeness (QED) is 0.816. The van der Waals surface area contributed by atoms with Crippen molar-refractivity contribution in [3.8, 4) is 0 Å². The zero-order valence-electron chi connectivity index (χ0n) is 11.8. The molecule has 0 saturated heterocycles. The molecule has 5 nitrogen and oxygen atoms in total. The Morgan fingerprint density at radius 2 is 2.10 bits per heavy atom. The lowest BCUT2D eigenvalue weighted by Crippen LogP contribution is -2.45. The van der Waals surface area contributed by atoms with Crippen molar-refractivity contribution < 1.29 is 24.2 Å². The van der Waals surface area contributed by atoms with Crippen molar-refractivity contribution in [2.45, 2.75) is 38.8 Å². The van der Waals surface area contributed by atoms with Crippen LogP contribution in [-0.4, -0.2) is 33.5 Å². The number of carboxylic acid groups (broad SMARTS) is 1. The minimum Gasteiger partial charge on any atom is -0.463 e. The summed E-state index contributed by atoms with van der Waals surface area (Å²) >= 11 is 0. The number of benzene rings is 1. The van der Waals surface area contributed by atoms with Gasteiger partial charge in [-0.25, -0.2) is 9.18 Å². The van der Waals surface area contributed by atoms with Crippen molar-refractivity contribution in [2.24, 2.45) is 0 Å². The molecule has 0 saturated carbocycles. The highest BCUT2D eigenvalue weighted by molar-refractivity contribution is 5.64. The van der Waals surface area contributed by atoms with Crippen molar-refractivity contribution in [1.82, 2.24) is 5.06 Å². The molecule has 0 heterocycles. The number of aliphatic hydroxyl groups excluding tert-OH is 1. The summed E-state index contributed by atoms with van der Waals surface area (Å²) in [5.41, 5.74) is -0.262. The first-order valence-electron chi connectivity index (χ1n) is 6.31. The van der Waals surface area contributed by atoms with Crippen molar-refractivity contribution in [2.75, 3.05) is 6.61 Å². The molecule has 0 spiro atoms. The number of nitrogens with zero attached hydrogens (tertiary/aromatic N) is 1. The number of aliphatic hydroxyl groups is 1. The highest BCUT2D eigenvalue weighted by Gasteiger charge is 2.27. The molecular formula is C14H20FNO4. The minimum absolute atomic E-state index is 0.0151. The van der Waals surface area contributed by atoms with Crippen LogP contribution in [0, 0.1) is 5.82 Å². The summed E-state index contributed by atoms with van der Waals surface area (Å²) < 4.78 is 13.0. The second-order valence-electron chi connectivity index (χ2n) is 5.44. The van der Waals surface area contributed by atoms with Crippen LogP contribution in [0.15, 0.2) is 24.3 Å². The summed E-state index contributed by atoms with van der Waals surface area (Å²) in [6, 6.07) is 5.64. The molecule has 0 fully saturated rings. The lowest BCUT2D eigenvalue weighted by Gasteiger charge is -2.31. The van der Waals surface area contributed by atoms with Crippen LogP contribution in [0.4, 0.5) is 9.18 Å². The highest BCUT2D eigenvalue weighted by atomic mass is 19.1. The van der Waals surface area contributed by atoms with Gasteiger partial charge in [-0.3, -0.25) is 4.84 Å². The third-order valence-corrected chi connectivity index (χ3v) is 2.63. The Morgan fingerprint density at radius 3 is 2.60 bits per heavy atom. The van der Waals surface area contributed by atoms with Gasteiger partial charge in [-0.15, -0.1) is 0 Å². The SMILES string of the molecule is CC(C)(C)N(OCCC(O)c1cccc(F)c1)C(=O)O. The standard InChI is InChI=1S/C14H20FNO4/c1-14(2,3)16(13(18)19)20-8-7-12(17)10-5-4-6-11(15)9-10/h4-6,9,12,17H,7-8H2,1-3H3,(H,18,19). The van der Waals surface area contributed by atoms with Gasteiger partial charge >= 0.3 is 6.09 Å². The van der Waals surface area contributed by atoms with Gasteiger partial charge < -0.3 is 10.2 Å². The summed E-state index contributed by atoms with van der Waals surface area (Å²) in [5.74, 6) is -0.427. The Bertz CT molecular complexity index is 459. The summed E-state index contributed by atoms with van der Waals surface area (Å²) in [6.07, 6.45) is -1.93. The first-order valence-corrected chi connectivity index (χ1v) is 6.31. The first kappa shape index (κ1) is 16.4. The topological polar surface area (TPSA) is 70.0 Å². The van der Waals surface area contributed by atoms with Crippen LogP contribution < -0.4 is 0 Å². The van der Waals surface area contributed by atoms with Crippen LogP contribution in [0.2, 0.25) is 0 Å². The predicted molar refractivity (Wildman–Crippen MR) is 71.5 cm³/mol. The van der Waals surface area contributed by atoms with Gasteiger partial charge in [-0.05, 0) is 38.5 Å². The van der Waals surface area contributed by atoms with Crippen LogP contribution in [0.25, 0.3) is 0 Å². The lowest BCUT2D eigenvalue weighted by molar-refractivity contribution is -0.182. The molecule has 0 aliphatic heterocycles. The second kappa shape index (κ2) is 6.67. The molecule has 0 aliphatic rings. The zero-order valence-corrected chi connectivity index (χ0v) is 11.8. The van der Waals surface area contributed by atoms with Crippen molar-refractivity contribution in [3.05, 3.63) is 35.6 Å². The fourth-order valence-electron chi connectivity index (χ4n) is 1.67. The van der Waals surface area contributed by atoms with Gasteiger partial charge in [0.2, 0.25) is 0 Å². The van der Waals surface area contributed by atoms with Crippen LogP contribution in [0.1, 0.15) is 38.9 Å². The maximum absolute atomic E-state index is 13.0. The molecule has 0 bridgehead atoms. The average Bonchev–Trinajstić information content (AvgIpc) is 2.32. The maximum Gasteiger partial charge on any atom is 0.431 e. The molecule has 1 rings (SSSR count). The zero-order chi connectivity index (χ0) is 15.3. The van der Waals surface area contributed by atoms with E-state index < -0.39 is 23.6 Å². The van der Waals surface area contributed by atoms with Crippen LogP contribution in [0.3, 0.4) is 0 Å². The molecule has 0 radical (unpaired) electrons. The van der Waals surface area contributed by atoms with E-state index >= 15 is 0 Å². The van der Waals surface area contributed by atoms with Gasteiger partial charge in [-0.2, -0.15) is 5.06 Å². The Morgan fingerprint density at radius 1 is 1.45 bits per heavy atom. The Labute approximate surface area is 117 Å². The van der Waals surface area contributed by atoms with Crippen molar-refractivity contribution >= 4 is 6.09 Å². The molecule has 1 amide bonds. The fraction of sp³-hybridized carbons (Fsp3) is 0.500. The molecule has 0 aliphatic carbocycles. The van der Waals surface area contributed by atoms with Crippen LogP contribution in [0.5, 0.6) is 0 Å². The smallest absolute Gasteiger partial charge is 0.431 e. The third kappa shape index (κ3) is 4.79. The minimum atomic E-state index is -1.20. The molecule has 1 unspecified atom stereocenters. The van der Waals surface area contributed by atoms with E-state index in [2.05, 4.69) is 0 Å². The number of rotatable bonds is 5. The molecule has 1 atom stereocenters. The summed E-state index contributed by atoms with van der Waals surface area (Å²) in [5, 5.41) is 19.7. The van der Waals surface area contributed by atoms with E-state index in [1.54, 1.807) is 26.8 Å². The molecular weight excluding hydrogens is 265 g/mol. The Kier molecular flexibility index (Phi) is 5.47. The van der Waals surface area contributed by atoms with Crippen molar-refractivity contribution in [1.29, 1.82) is 0 Å². The van der Waals surface area contributed by atoms with E-state index in [0.29, 0.717) is 5.56 Å². The third-order valence-electron chi connectivity index (χ3n) is 2.63. The van der Waals surface area contributed by atoms with Gasteiger partial charge in [0.15, 0.2) is 0 Å².